The lowest BCUT2D eigenvalue weighted by Gasteiger charge is -2.13. The fraction of sp³-hybridized carbons (Fsp3) is 0.292. The molecule has 0 N–H and O–H groups in total. The van der Waals surface area contributed by atoms with Gasteiger partial charge in [-0.2, -0.15) is 0 Å². The predicted molar refractivity (Wildman–Crippen MR) is 115 cm³/mol. The van der Waals surface area contributed by atoms with Gasteiger partial charge in [-0.15, -0.1) is 0 Å². The van der Waals surface area contributed by atoms with Crippen LogP contribution in [0.1, 0.15) is 50.2 Å². The van der Waals surface area contributed by atoms with Gasteiger partial charge in [0, 0.05) is 11.1 Å². The van der Waals surface area contributed by atoms with E-state index in [1.807, 2.05) is 13.8 Å². The summed E-state index contributed by atoms with van der Waals surface area (Å²) < 4.78 is 27.1. The molecule has 3 aromatic rings. The zero-order valence-electron chi connectivity index (χ0n) is 18.7. The smallest absolute Gasteiger partial charge is 0.338 e. The molecule has 8 heteroatoms. The lowest BCUT2D eigenvalue weighted by atomic mass is 10.1. The molecule has 0 radical (unpaired) electrons. The summed E-state index contributed by atoms with van der Waals surface area (Å²) in [5.74, 6) is 1.45. The van der Waals surface area contributed by atoms with Gasteiger partial charge in [-0.05, 0) is 57.2 Å². The summed E-state index contributed by atoms with van der Waals surface area (Å²) in [4.78, 5) is 24.2. The van der Waals surface area contributed by atoms with Crippen molar-refractivity contribution in [2.24, 2.45) is 0 Å². The van der Waals surface area contributed by atoms with Gasteiger partial charge >= 0.3 is 5.97 Å². The quantitative estimate of drug-likeness (QED) is 0.356. The van der Waals surface area contributed by atoms with E-state index in [4.69, 9.17) is 23.5 Å². The second-order valence-electron chi connectivity index (χ2n) is 7.12. The van der Waals surface area contributed by atoms with Gasteiger partial charge in [0.2, 0.25) is 0 Å². The molecule has 0 saturated heterocycles. The van der Waals surface area contributed by atoms with Crippen molar-refractivity contribution >= 4 is 11.8 Å². The summed E-state index contributed by atoms with van der Waals surface area (Å²) in [6.45, 7) is 5.34. The van der Waals surface area contributed by atoms with E-state index in [-0.39, 0.29) is 19.0 Å². The summed E-state index contributed by atoms with van der Waals surface area (Å²) in [6.07, 6.45) is 0. The number of aromatic nitrogens is 1. The van der Waals surface area contributed by atoms with Crippen LogP contribution < -0.4 is 14.2 Å². The Morgan fingerprint density at radius 2 is 1.59 bits per heavy atom. The summed E-state index contributed by atoms with van der Waals surface area (Å²) in [5.41, 5.74) is 3.02. The second-order valence-corrected chi connectivity index (χ2v) is 7.12. The molecule has 1 heterocycles. The van der Waals surface area contributed by atoms with Crippen molar-refractivity contribution in [3.05, 3.63) is 70.1 Å². The zero-order valence-corrected chi connectivity index (χ0v) is 18.7. The van der Waals surface area contributed by atoms with E-state index in [1.165, 1.54) is 21.1 Å². The van der Waals surface area contributed by atoms with Crippen LogP contribution in [0.3, 0.4) is 0 Å². The molecule has 3 rings (SSSR count). The Balaban J connectivity index is 1.71. The van der Waals surface area contributed by atoms with Crippen molar-refractivity contribution in [2.75, 3.05) is 14.2 Å². The number of esters is 1. The number of aryl methyl sites for hydroxylation is 2. The number of rotatable bonds is 9. The van der Waals surface area contributed by atoms with Crippen LogP contribution in [0.25, 0.3) is 0 Å². The van der Waals surface area contributed by atoms with Crippen molar-refractivity contribution in [3.8, 4) is 17.2 Å². The first kappa shape index (κ1) is 22.9. The van der Waals surface area contributed by atoms with Crippen LogP contribution >= 0.6 is 0 Å². The third-order valence-corrected chi connectivity index (χ3v) is 5.00. The van der Waals surface area contributed by atoms with Crippen molar-refractivity contribution in [1.29, 1.82) is 0 Å². The van der Waals surface area contributed by atoms with E-state index >= 15 is 0 Å². The van der Waals surface area contributed by atoms with Crippen LogP contribution in [0.4, 0.5) is 0 Å². The summed E-state index contributed by atoms with van der Waals surface area (Å²) in [7, 11) is 3.01. The van der Waals surface area contributed by atoms with Crippen LogP contribution in [0.2, 0.25) is 0 Å². The molecular formula is C24H25NO7. The second kappa shape index (κ2) is 10.00. The van der Waals surface area contributed by atoms with Gasteiger partial charge in [0.15, 0.2) is 17.3 Å². The maximum absolute atomic E-state index is 12.6. The number of nitrogens with zero attached hydrogens (tertiary/aromatic N) is 1. The number of carbonyl (C=O) groups excluding carboxylic acids is 2. The first-order valence-electron chi connectivity index (χ1n) is 9.91. The third kappa shape index (κ3) is 5.08. The lowest BCUT2D eigenvalue weighted by Crippen LogP contribution is -2.08. The molecule has 8 nitrogen and oxygen atoms in total. The standard InChI is InChI=1S/C24H25NO7/c1-14-20(16(3)32-25-14)13-30-22-9-7-18(11-23(22)29-5)24(27)31-12-19-10-17(15(2)26)6-8-21(19)28-4/h6-11H,12-13H2,1-5H3. The van der Waals surface area contributed by atoms with E-state index in [0.29, 0.717) is 39.7 Å². The Morgan fingerprint density at radius 3 is 2.22 bits per heavy atom. The Labute approximate surface area is 186 Å². The highest BCUT2D eigenvalue weighted by Crippen LogP contribution is 2.30. The molecular weight excluding hydrogens is 414 g/mol. The molecule has 0 aliphatic carbocycles. The van der Waals surface area contributed by atoms with Gasteiger partial charge in [-0.1, -0.05) is 5.16 Å². The number of ketones is 1. The normalized spacial score (nSPS) is 10.5. The fourth-order valence-corrected chi connectivity index (χ4v) is 3.11. The van der Waals surface area contributed by atoms with Gasteiger partial charge in [0.25, 0.3) is 0 Å². The first-order chi connectivity index (χ1) is 15.3. The number of Topliss-reactive ketones (excluding diaryl/α,β-unsaturated/α-hetero) is 1. The van der Waals surface area contributed by atoms with Gasteiger partial charge in [-0.3, -0.25) is 4.79 Å². The molecule has 0 amide bonds. The van der Waals surface area contributed by atoms with Gasteiger partial charge < -0.3 is 23.5 Å². The SMILES string of the molecule is COc1ccc(C(C)=O)cc1COC(=O)c1ccc(OCc2c(C)noc2C)c(OC)c1. The minimum atomic E-state index is -0.546. The van der Waals surface area contributed by atoms with Crippen LogP contribution in [-0.4, -0.2) is 31.1 Å². The molecule has 0 atom stereocenters. The molecule has 0 fully saturated rings. The van der Waals surface area contributed by atoms with Crippen molar-refractivity contribution in [1.82, 2.24) is 5.16 Å². The Morgan fingerprint density at radius 1 is 0.906 bits per heavy atom. The maximum Gasteiger partial charge on any atom is 0.338 e. The highest BCUT2D eigenvalue weighted by Gasteiger charge is 2.16. The monoisotopic (exact) mass is 439 g/mol. The molecule has 2 aromatic carbocycles. The average molecular weight is 439 g/mol. The molecule has 0 aliphatic heterocycles. The Hall–Kier alpha value is -3.81. The van der Waals surface area contributed by atoms with Crippen LogP contribution in [0, 0.1) is 13.8 Å². The Bertz CT molecular complexity index is 1110. The van der Waals surface area contributed by atoms with E-state index in [1.54, 1.807) is 36.4 Å². The molecule has 0 spiro atoms. The van der Waals surface area contributed by atoms with Crippen LogP contribution in [-0.2, 0) is 18.0 Å². The van der Waals surface area contributed by atoms with E-state index in [9.17, 15) is 9.59 Å². The largest absolute Gasteiger partial charge is 0.496 e. The molecule has 0 unspecified atom stereocenters. The zero-order chi connectivity index (χ0) is 23.3. The number of methoxy groups -OCH3 is 2. The van der Waals surface area contributed by atoms with Gasteiger partial charge in [0.1, 0.15) is 24.7 Å². The Kier molecular flexibility index (Phi) is 7.14. The predicted octanol–water partition coefficient (Wildman–Crippen LogP) is 4.45. The van der Waals surface area contributed by atoms with E-state index in [0.717, 1.165) is 11.3 Å². The minimum absolute atomic E-state index is 0.0459. The first-order valence-corrected chi connectivity index (χ1v) is 9.91. The summed E-state index contributed by atoms with van der Waals surface area (Å²) in [5, 5.41) is 3.91. The lowest BCUT2D eigenvalue weighted by molar-refractivity contribution is 0.0469. The number of hydrogen-bond acceptors (Lipinski definition) is 8. The molecule has 0 bridgehead atoms. The van der Waals surface area contributed by atoms with E-state index in [2.05, 4.69) is 5.16 Å². The molecule has 1 aromatic heterocycles. The van der Waals surface area contributed by atoms with Crippen molar-refractivity contribution in [2.45, 2.75) is 34.0 Å². The van der Waals surface area contributed by atoms with Gasteiger partial charge in [-0.25, -0.2) is 4.79 Å². The third-order valence-electron chi connectivity index (χ3n) is 5.00. The number of benzene rings is 2. The number of carbonyl (C=O) groups is 2. The molecule has 0 saturated carbocycles. The van der Waals surface area contributed by atoms with Crippen LogP contribution in [0.15, 0.2) is 40.9 Å². The topological polar surface area (TPSA) is 97.1 Å². The van der Waals surface area contributed by atoms with Gasteiger partial charge in [0.05, 0.1) is 31.0 Å². The molecule has 32 heavy (non-hydrogen) atoms. The maximum atomic E-state index is 12.6. The number of ether oxygens (including phenoxy) is 4. The average Bonchev–Trinajstić information content (AvgIpc) is 3.12. The van der Waals surface area contributed by atoms with Crippen molar-refractivity contribution < 1.29 is 33.1 Å². The minimum Gasteiger partial charge on any atom is -0.496 e. The highest BCUT2D eigenvalue weighted by molar-refractivity contribution is 5.94. The summed E-state index contributed by atoms with van der Waals surface area (Å²) in [6, 6.07) is 9.78. The van der Waals surface area contributed by atoms with E-state index < -0.39 is 5.97 Å². The summed E-state index contributed by atoms with van der Waals surface area (Å²) >= 11 is 0. The highest BCUT2D eigenvalue weighted by atomic mass is 16.5. The molecule has 168 valence electrons. The number of hydrogen-bond donors (Lipinski definition) is 0. The molecule has 0 aliphatic rings. The van der Waals surface area contributed by atoms with Crippen LogP contribution in [0.5, 0.6) is 17.2 Å². The van der Waals surface area contributed by atoms with Crippen molar-refractivity contribution in [3.63, 3.8) is 0 Å². The fourth-order valence-electron chi connectivity index (χ4n) is 3.11.